The average molecular weight is 378 g/mol. The molecule has 4 rings (SSSR count). The van der Waals surface area contributed by atoms with Crippen molar-refractivity contribution in [2.45, 2.75) is 18.8 Å². The van der Waals surface area contributed by atoms with E-state index >= 15 is 0 Å². The summed E-state index contributed by atoms with van der Waals surface area (Å²) in [5.74, 6) is 1.34. The van der Waals surface area contributed by atoms with Gasteiger partial charge in [-0.05, 0) is 36.6 Å². The lowest BCUT2D eigenvalue weighted by Crippen LogP contribution is -2.37. The number of thiazole rings is 1. The summed E-state index contributed by atoms with van der Waals surface area (Å²) in [7, 11) is 1.66. The molecule has 0 radical (unpaired) electrons. The van der Waals surface area contributed by atoms with Crippen LogP contribution >= 0.6 is 11.3 Å². The number of methoxy groups -OCH3 is 1. The summed E-state index contributed by atoms with van der Waals surface area (Å²) in [6, 6.07) is 15.7. The zero-order chi connectivity index (χ0) is 18.6. The van der Waals surface area contributed by atoms with Crippen LogP contribution in [0.5, 0.6) is 5.75 Å². The van der Waals surface area contributed by atoms with E-state index in [0.717, 1.165) is 42.8 Å². The predicted octanol–water partition coefficient (Wildman–Crippen LogP) is 4.84. The molecule has 0 spiro atoms. The molecule has 2 heterocycles. The topological polar surface area (TPSA) is 42.4 Å². The van der Waals surface area contributed by atoms with E-state index in [9.17, 15) is 4.79 Å². The molecule has 1 aliphatic heterocycles. The van der Waals surface area contributed by atoms with Gasteiger partial charge in [0.15, 0.2) is 0 Å². The van der Waals surface area contributed by atoms with E-state index in [-0.39, 0.29) is 5.91 Å². The van der Waals surface area contributed by atoms with Crippen molar-refractivity contribution >= 4 is 17.2 Å². The van der Waals surface area contributed by atoms with Crippen molar-refractivity contribution < 1.29 is 9.53 Å². The number of likely N-dealkylation sites (tertiary alicyclic amines) is 1. The fourth-order valence-corrected chi connectivity index (χ4v) is 4.44. The lowest BCUT2D eigenvalue weighted by molar-refractivity contribution is 0.0713. The number of amides is 1. The number of carbonyl (C=O) groups is 1. The molecule has 0 unspecified atom stereocenters. The van der Waals surface area contributed by atoms with Gasteiger partial charge in [0.2, 0.25) is 0 Å². The Balaban J connectivity index is 1.52. The third-order valence-electron chi connectivity index (χ3n) is 5.11. The molecule has 0 bridgehead atoms. The van der Waals surface area contributed by atoms with E-state index in [1.54, 1.807) is 18.4 Å². The summed E-state index contributed by atoms with van der Waals surface area (Å²) in [5, 5.41) is 3.22. The number of piperidine rings is 1. The Morgan fingerprint density at radius 2 is 1.93 bits per heavy atom. The van der Waals surface area contributed by atoms with E-state index in [1.807, 2.05) is 65.0 Å². The average Bonchev–Trinajstić information content (AvgIpc) is 3.28. The van der Waals surface area contributed by atoms with Crippen molar-refractivity contribution in [1.82, 2.24) is 9.88 Å². The first-order chi connectivity index (χ1) is 13.3. The summed E-state index contributed by atoms with van der Waals surface area (Å²) < 4.78 is 5.50. The van der Waals surface area contributed by atoms with Gasteiger partial charge in [0.05, 0.1) is 12.1 Å². The molecule has 0 saturated carbocycles. The molecule has 1 amide bonds. The molecule has 5 heteroatoms. The van der Waals surface area contributed by atoms with Gasteiger partial charge in [-0.25, -0.2) is 4.98 Å². The summed E-state index contributed by atoms with van der Waals surface area (Å²) in [4.78, 5) is 19.4. The van der Waals surface area contributed by atoms with Crippen LogP contribution in [0.25, 0.3) is 11.1 Å². The highest BCUT2D eigenvalue weighted by Crippen LogP contribution is 2.33. The number of benzene rings is 2. The molecule has 0 atom stereocenters. The van der Waals surface area contributed by atoms with Crippen molar-refractivity contribution in [3.8, 4) is 16.9 Å². The third-order valence-corrected chi connectivity index (χ3v) is 6.05. The Hall–Kier alpha value is -2.66. The number of ether oxygens (including phenoxy) is 1. The Labute approximate surface area is 163 Å². The lowest BCUT2D eigenvalue weighted by Gasteiger charge is -2.31. The quantitative estimate of drug-likeness (QED) is 0.652. The summed E-state index contributed by atoms with van der Waals surface area (Å²) in [6.07, 6.45) is 3.81. The maximum Gasteiger partial charge on any atom is 0.253 e. The van der Waals surface area contributed by atoms with Crippen molar-refractivity contribution in [1.29, 1.82) is 0 Å². The minimum atomic E-state index is 0.0902. The second-order valence-corrected chi connectivity index (χ2v) is 7.64. The van der Waals surface area contributed by atoms with Crippen LogP contribution in [0, 0.1) is 0 Å². The van der Waals surface area contributed by atoms with E-state index in [0.29, 0.717) is 11.5 Å². The maximum atomic E-state index is 13.0. The molecular formula is C22H22N2O2S. The van der Waals surface area contributed by atoms with Crippen LogP contribution in [-0.4, -0.2) is 36.0 Å². The summed E-state index contributed by atoms with van der Waals surface area (Å²) >= 11 is 1.71. The monoisotopic (exact) mass is 378 g/mol. The molecule has 27 heavy (non-hydrogen) atoms. The van der Waals surface area contributed by atoms with Crippen molar-refractivity contribution in [3.63, 3.8) is 0 Å². The predicted molar refractivity (Wildman–Crippen MR) is 108 cm³/mol. The van der Waals surface area contributed by atoms with Gasteiger partial charge in [0.25, 0.3) is 5.91 Å². The van der Waals surface area contributed by atoms with Gasteiger partial charge >= 0.3 is 0 Å². The molecule has 138 valence electrons. The first kappa shape index (κ1) is 17.7. The van der Waals surface area contributed by atoms with Gasteiger partial charge in [-0.2, -0.15) is 0 Å². The molecule has 1 saturated heterocycles. The molecule has 4 nitrogen and oxygen atoms in total. The fourth-order valence-electron chi connectivity index (χ4n) is 3.63. The highest BCUT2D eigenvalue weighted by atomic mass is 32.1. The van der Waals surface area contributed by atoms with Crippen LogP contribution in [0.2, 0.25) is 0 Å². The first-order valence-electron chi connectivity index (χ1n) is 9.18. The Bertz CT molecular complexity index is 901. The van der Waals surface area contributed by atoms with Crippen LogP contribution < -0.4 is 4.74 Å². The SMILES string of the molecule is COc1ccc(C(=O)N2CCC(c3nccs3)CC2)cc1-c1ccccc1. The molecule has 1 aliphatic rings. The zero-order valence-corrected chi connectivity index (χ0v) is 16.1. The first-order valence-corrected chi connectivity index (χ1v) is 10.1. The number of rotatable bonds is 4. The van der Waals surface area contributed by atoms with E-state index in [2.05, 4.69) is 4.98 Å². The van der Waals surface area contributed by atoms with Crippen molar-refractivity contribution in [3.05, 3.63) is 70.7 Å². The normalized spacial score (nSPS) is 14.9. The van der Waals surface area contributed by atoms with Gasteiger partial charge in [0.1, 0.15) is 5.75 Å². The second-order valence-electron chi connectivity index (χ2n) is 6.72. The van der Waals surface area contributed by atoms with E-state index in [1.165, 1.54) is 5.01 Å². The van der Waals surface area contributed by atoms with Crippen LogP contribution in [0.15, 0.2) is 60.1 Å². The number of hydrogen-bond donors (Lipinski definition) is 0. The maximum absolute atomic E-state index is 13.0. The summed E-state index contributed by atoms with van der Waals surface area (Å²) in [6.45, 7) is 1.55. The van der Waals surface area contributed by atoms with Gasteiger partial charge < -0.3 is 9.64 Å². The van der Waals surface area contributed by atoms with E-state index < -0.39 is 0 Å². The van der Waals surface area contributed by atoms with Gasteiger partial charge in [-0.3, -0.25) is 4.79 Å². The molecule has 1 fully saturated rings. The Morgan fingerprint density at radius 3 is 2.59 bits per heavy atom. The van der Waals surface area contributed by atoms with Crippen molar-refractivity contribution in [2.24, 2.45) is 0 Å². The smallest absolute Gasteiger partial charge is 0.253 e. The second kappa shape index (κ2) is 7.92. The fraction of sp³-hybridized carbons (Fsp3) is 0.273. The zero-order valence-electron chi connectivity index (χ0n) is 15.3. The highest BCUT2D eigenvalue weighted by molar-refractivity contribution is 7.09. The van der Waals surface area contributed by atoms with Crippen molar-refractivity contribution in [2.75, 3.05) is 20.2 Å². The molecule has 1 aromatic heterocycles. The number of nitrogens with zero attached hydrogens (tertiary/aromatic N) is 2. The largest absolute Gasteiger partial charge is 0.496 e. The van der Waals surface area contributed by atoms with Crippen LogP contribution in [0.1, 0.15) is 34.1 Å². The number of hydrogen-bond acceptors (Lipinski definition) is 4. The molecule has 0 aliphatic carbocycles. The van der Waals surface area contributed by atoms with Gasteiger partial charge in [-0.15, -0.1) is 11.3 Å². The standard InChI is InChI=1S/C22H22N2O2S/c1-26-20-8-7-18(15-19(20)16-5-3-2-4-6-16)22(25)24-12-9-17(10-13-24)21-23-11-14-27-21/h2-8,11,14-15,17H,9-10,12-13H2,1H3. The molecule has 0 N–H and O–H groups in total. The Kier molecular flexibility index (Phi) is 5.21. The summed E-state index contributed by atoms with van der Waals surface area (Å²) in [5.41, 5.74) is 2.70. The van der Waals surface area contributed by atoms with Crippen LogP contribution in [0.3, 0.4) is 0 Å². The molecule has 3 aromatic rings. The Morgan fingerprint density at radius 1 is 1.15 bits per heavy atom. The minimum Gasteiger partial charge on any atom is -0.496 e. The van der Waals surface area contributed by atoms with Crippen LogP contribution in [0.4, 0.5) is 0 Å². The molecular weight excluding hydrogens is 356 g/mol. The van der Waals surface area contributed by atoms with E-state index in [4.69, 9.17) is 4.74 Å². The van der Waals surface area contributed by atoms with Crippen LogP contribution in [-0.2, 0) is 0 Å². The minimum absolute atomic E-state index is 0.0902. The van der Waals surface area contributed by atoms with Gasteiger partial charge in [-0.1, -0.05) is 30.3 Å². The number of carbonyl (C=O) groups excluding carboxylic acids is 1. The third kappa shape index (κ3) is 3.74. The van der Waals surface area contributed by atoms with Gasteiger partial charge in [0, 0.05) is 41.7 Å². The number of aromatic nitrogens is 1. The highest BCUT2D eigenvalue weighted by Gasteiger charge is 2.26. The lowest BCUT2D eigenvalue weighted by atomic mass is 9.96. The molecule has 2 aromatic carbocycles.